The highest BCUT2D eigenvalue weighted by Gasteiger charge is 2.23. The van der Waals surface area contributed by atoms with Crippen molar-refractivity contribution >= 4 is 11.7 Å². The third kappa shape index (κ3) is 5.56. The van der Waals surface area contributed by atoms with Crippen LogP contribution in [0.4, 0.5) is 10.5 Å². The average molecular weight is 399 g/mol. The molecule has 1 aliphatic rings. The maximum atomic E-state index is 12.6. The van der Waals surface area contributed by atoms with Crippen LogP contribution in [-0.2, 0) is 6.42 Å². The molecule has 1 N–H and O–H groups in total. The van der Waals surface area contributed by atoms with Crippen LogP contribution in [0.2, 0.25) is 0 Å². The molecule has 0 aliphatic carbocycles. The Balaban J connectivity index is 1.48. The Kier molecular flexibility index (Phi) is 7.22. The van der Waals surface area contributed by atoms with Crippen molar-refractivity contribution in [3.8, 4) is 17.2 Å². The van der Waals surface area contributed by atoms with Crippen LogP contribution < -0.4 is 19.5 Å². The number of ether oxygens (including phenoxy) is 3. The van der Waals surface area contributed by atoms with Gasteiger partial charge in [-0.25, -0.2) is 4.79 Å². The molecule has 0 spiro atoms. The third-order valence-corrected chi connectivity index (χ3v) is 5.50. The minimum Gasteiger partial charge on any atom is -0.497 e. The lowest BCUT2D eigenvalue weighted by molar-refractivity contribution is 0.180. The minimum atomic E-state index is -0.0644. The molecule has 0 saturated carbocycles. The predicted octanol–water partition coefficient (Wildman–Crippen LogP) is 4.59. The van der Waals surface area contributed by atoms with Crippen molar-refractivity contribution < 1.29 is 19.0 Å². The molecule has 1 aliphatic heterocycles. The predicted molar refractivity (Wildman–Crippen MR) is 114 cm³/mol. The maximum absolute atomic E-state index is 12.6. The van der Waals surface area contributed by atoms with Gasteiger partial charge in [0.05, 0.1) is 27.0 Å². The first-order chi connectivity index (χ1) is 14.1. The van der Waals surface area contributed by atoms with Gasteiger partial charge in [0.15, 0.2) is 0 Å². The van der Waals surface area contributed by atoms with Crippen molar-refractivity contribution in [1.82, 2.24) is 4.90 Å². The van der Waals surface area contributed by atoms with Gasteiger partial charge < -0.3 is 24.4 Å². The first-order valence-corrected chi connectivity index (χ1v) is 10.0. The van der Waals surface area contributed by atoms with E-state index in [0.29, 0.717) is 17.4 Å². The van der Waals surface area contributed by atoms with Crippen molar-refractivity contribution in [3.05, 3.63) is 48.0 Å². The summed E-state index contributed by atoms with van der Waals surface area (Å²) < 4.78 is 16.0. The monoisotopic (exact) mass is 398 g/mol. The Morgan fingerprint density at radius 1 is 1.00 bits per heavy atom. The third-order valence-electron chi connectivity index (χ3n) is 5.50. The zero-order valence-corrected chi connectivity index (χ0v) is 17.4. The summed E-state index contributed by atoms with van der Waals surface area (Å²) in [6.07, 6.45) is 4.10. The number of carbonyl (C=O) groups is 1. The zero-order chi connectivity index (χ0) is 20.6. The van der Waals surface area contributed by atoms with Gasteiger partial charge in [-0.3, -0.25) is 0 Å². The standard InChI is InChI=1S/C23H30N2O4/c1-27-19-14-18(15-20(16-19)28-2)9-8-17-10-12-25(13-11-17)23(26)24-21-6-4-5-7-22(21)29-3/h4-7,14-17H,8-13H2,1-3H3,(H,24,26). The summed E-state index contributed by atoms with van der Waals surface area (Å²) in [6, 6.07) is 13.4. The van der Waals surface area contributed by atoms with E-state index in [2.05, 4.69) is 17.4 Å². The molecule has 3 rings (SSSR count). The van der Waals surface area contributed by atoms with Gasteiger partial charge in [0.2, 0.25) is 0 Å². The molecule has 2 aromatic carbocycles. The highest BCUT2D eigenvalue weighted by atomic mass is 16.5. The average Bonchev–Trinajstić information content (AvgIpc) is 2.78. The van der Waals surface area contributed by atoms with Gasteiger partial charge in [0.25, 0.3) is 0 Å². The van der Waals surface area contributed by atoms with E-state index in [1.54, 1.807) is 21.3 Å². The number of nitrogens with one attached hydrogen (secondary N) is 1. The summed E-state index contributed by atoms with van der Waals surface area (Å²) in [6.45, 7) is 1.54. The molecule has 6 nitrogen and oxygen atoms in total. The number of aryl methyl sites for hydroxylation is 1. The Labute approximate surface area is 172 Å². The van der Waals surface area contributed by atoms with Crippen LogP contribution in [0.1, 0.15) is 24.8 Å². The number of urea groups is 1. The zero-order valence-electron chi connectivity index (χ0n) is 17.4. The van der Waals surface area contributed by atoms with Crippen LogP contribution in [0.3, 0.4) is 0 Å². The first kappa shape index (κ1) is 20.8. The molecular formula is C23H30N2O4. The number of benzene rings is 2. The molecule has 0 unspecified atom stereocenters. The Morgan fingerprint density at radius 3 is 2.28 bits per heavy atom. The van der Waals surface area contributed by atoms with Crippen molar-refractivity contribution in [1.29, 1.82) is 0 Å². The second-order valence-corrected chi connectivity index (χ2v) is 7.32. The van der Waals surface area contributed by atoms with Crippen molar-refractivity contribution in [2.75, 3.05) is 39.7 Å². The van der Waals surface area contributed by atoms with Gasteiger partial charge in [0, 0.05) is 19.2 Å². The fourth-order valence-corrected chi connectivity index (χ4v) is 3.75. The molecular weight excluding hydrogens is 368 g/mol. The van der Waals surface area contributed by atoms with Gasteiger partial charge in [-0.15, -0.1) is 0 Å². The van der Waals surface area contributed by atoms with Gasteiger partial charge in [0.1, 0.15) is 17.2 Å². The van der Waals surface area contributed by atoms with E-state index in [-0.39, 0.29) is 6.03 Å². The van der Waals surface area contributed by atoms with Crippen molar-refractivity contribution in [3.63, 3.8) is 0 Å². The van der Waals surface area contributed by atoms with E-state index in [9.17, 15) is 4.79 Å². The topological polar surface area (TPSA) is 60.0 Å². The quantitative estimate of drug-likeness (QED) is 0.741. The van der Waals surface area contributed by atoms with E-state index in [1.807, 2.05) is 35.2 Å². The number of para-hydroxylation sites is 2. The molecule has 1 heterocycles. The largest absolute Gasteiger partial charge is 0.497 e. The number of hydrogen-bond acceptors (Lipinski definition) is 4. The van der Waals surface area contributed by atoms with Crippen LogP contribution >= 0.6 is 0 Å². The first-order valence-electron chi connectivity index (χ1n) is 10.0. The van der Waals surface area contributed by atoms with E-state index in [0.717, 1.165) is 50.3 Å². The number of likely N-dealkylation sites (tertiary alicyclic amines) is 1. The van der Waals surface area contributed by atoms with Crippen LogP contribution in [0.25, 0.3) is 0 Å². The molecule has 2 amide bonds. The fraction of sp³-hybridized carbons (Fsp3) is 0.435. The van der Waals surface area contributed by atoms with E-state index >= 15 is 0 Å². The highest BCUT2D eigenvalue weighted by molar-refractivity contribution is 5.91. The molecule has 0 atom stereocenters. The minimum absolute atomic E-state index is 0.0644. The summed E-state index contributed by atoms with van der Waals surface area (Å²) in [5, 5.41) is 2.96. The molecule has 1 saturated heterocycles. The number of hydrogen-bond donors (Lipinski definition) is 1. The van der Waals surface area contributed by atoms with Gasteiger partial charge >= 0.3 is 6.03 Å². The van der Waals surface area contributed by atoms with Crippen LogP contribution in [0.5, 0.6) is 17.2 Å². The van der Waals surface area contributed by atoms with Crippen LogP contribution in [-0.4, -0.2) is 45.3 Å². The number of nitrogens with zero attached hydrogens (tertiary/aromatic N) is 1. The summed E-state index contributed by atoms with van der Waals surface area (Å²) in [7, 11) is 4.95. The number of piperidine rings is 1. The molecule has 29 heavy (non-hydrogen) atoms. The van der Waals surface area contributed by atoms with Gasteiger partial charge in [-0.05, 0) is 61.4 Å². The van der Waals surface area contributed by atoms with Crippen molar-refractivity contribution in [2.24, 2.45) is 5.92 Å². The maximum Gasteiger partial charge on any atom is 0.321 e. The highest BCUT2D eigenvalue weighted by Crippen LogP contribution is 2.28. The molecule has 0 radical (unpaired) electrons. The second kappa shape index (κ2) is 10.0. The number of carbonyl (C=O) groups excluding carboxylic acids is 1. The summed E-state index contributed by atoms with van der Waals surface area (Å²) in [4.78, 5) is 14.5. The van der Waals surface area contributed by atoms with E-state index < -0.39 is 0 Å². The Morgan fingerprint density at radius 2 is 1.66 bits per heavy atom. The Hall–Kier alpha value is -2.89. The lowest BCUT2D eigenvalue weighted by Crippen LogP contribution is -2.41. The SMILES string of the molecule is COc1cc(CCC2CCN(C(=O)Nc3ccccc3OC)CC2)cc(OC)c1. The molecule has 1 fully saturated rings. The fourth-order valence-electron chi connectivity index (χ4n) is 3.75. The smallest absolute Gasteiger partial charge is 0.321 e. The second-order valence-electron chi connectivity index (χ2n) is 7.32. The summed E-state index contributed by atoms with van der Waals surface area (Å²) in [5.74, 6) is 2.93. The lowest BCUT2D eigenvalue weighted by Gasteiger charge is -2.32. The number of methoxy groups -OCH3 is 3. The van der Waals surface area contributed by atoms with Gasteiger partial charge in [-0.1, -0.05) is 12.1 Å². The molecule has 6 heteroatoms. The number of amides is 2. The van der Waals surface area contributed by atoms with Crippen molar-refractivity contribution in [2.45, 2.75) is 25.7 Å². The molecule has 0 bridgehead atoms. The lowest BCUT2D eigenvalue weighted by atomic mass is 9.90. The number of rotatable bonds is 7. The molecule has 0 aromatic heterocycles. The van der Waals surface area contributed by atoms with Gasteiger partial charge in [-0.2, -0.15) is 0 Å². The molecule has 156 valence electrons. The summed E-state index contributed by atoms with van der Waals surface area (Å²) in [5.41, 5.74) is 1.92. The summed E-state index contributed by atoms with van der Waals surface area (Å²) >= 11 is 0. The van der Waals surface area contributed by atoms with Crippen LogP contribution in [0.15, 0.2) is 42.5 Å². The number of anilines is 1. The normalized spacial score (nSPS) is 14.4. The van der Waals surface area contributed by atoms with Crippen LogP contribution in [0, 0.1) is 5.92 Å². The van der Waals surface area contributed by atoms with E-state index in [4.69, 9.17) is 14.2 Å². The van der Waals surface area contributed by atoms with E-state index in [1.165, 1.54) is 5.56 Å². The molecule has 2 aromatic rings. The Bertz CT molecular complexity index is 794.